The minimum Gasteiger partial charge on any atom is -0.442 e. The van der Waals surface area contributed by atoms with Crippen LogP contribution in [0.15, 0.2) is 48.5 Å². The first-order chi connectivity index (χ1) is 17.2. The maximum Gasteiger partial charge on any atom is 0.407 e. The largest absolute Gasteiger partial charge is 0.442 e. The summed E-state index contributed by atoms with van der Waals surface area (Å²) < 4.78 is 10.6. The van der Waals surface area contributed by atoms with Crippen molar-refractivity contribution < 1.29 is 28.9 Å². The zero-order valence-electron chi connectivity index (χ0n) is 20.2. The minimum absolute atomic E-state index is 0.0284. The van der Waals surface area contributed by atoms with E-state index in [-0.39, 0.29) is 11.4 Å². The molecule has 2 unspecified atom stereocenters. The summed E-state index contributed by atoms with van der Waals surface area (Å²) in [5.41, 5.74) is 1.26. The third kappa shape index (κ3) is 9.57. The van der Waals surface area contributed by atoms with E-state index in [2.05, 4.69) is 10.6 Å². The molecule has 0 aliphatic heterocycles. The Morgan fingerprint density at radius 2 is 1.03 bits per heavy atom. The van der Waals surface area contributed by atoms with Crippen molar-refractivity contribution in [3.63, 3.8) is 0 Å². The van der Waals surface area contributed by atoms with Crippen LogP contribution in [0.25, 0.3) is 0 Å². The molecule has 0 heterocycles. The van der Waals surface area contributed by atoms with E-state index in [9.17, 15) is 29.8 Å². The van der Waals surface area contributed by atoms with Gasteiger partial charge in [-0.1, -0.05) is 12.8 Å². The molecule has 0 aromatic heterocycles. The van der Waals surface area contributed by atoms with Gasteiger partial charge in [0.05, 0.1) is 9.85 Å². The number of unbranched alkanes of at least 4 members (excludes halogenated alkanes) is 3. The molecular weight excluding hydrogens is 472 g/mol. The lowest BCUT2D eigenvalue weighted by atomic mass is 10.1. The number of carbonyl (C=O) groups excluding carboxylic acids is 2. The number of nitro benzene ring substituents is 2. The number of alkyl carbamates (subject to hydrolysis) is 2. The van der Waals surface area contributed by atoms with Gasteiger partial charge in [0.15, 0.2) is 0 Å². The van der Waals surface area contributed by atoms with Gasteiger partial charge in [0, 0.05) is 37.4 Å². The lowest BCUT2D eigenvalue weighted by Gasteiger charge is -2.14. The van der Waals surface area contributed by atoms with Crippen molar-refractivity contribution in [3.05, 3.63) is 79.9 Å². The fourth-order valence-corrected chi connectivity index (χ4v) is 3.26. The molecule has 2 N–H and O–H groups in total. The van der Waals surface area contributed by atoms with Crippen molar-refractivity contribution in [1.82, 2.24) is 10.6 Å². The predicted octanol–water partition coefficient (Wildman–Crippen LogP) is 5.34. The number of rotatable bonds is 13. The zero-order valence-corrected chi connectivity index (χ0v) is 20.2. The van der Waals surface area contributed by atoms with E-state index in [1.165, 1.54) is 24.3 Å². The lowest BCUT2D eigenvalue weighted by Crippen LogP contribution is -2.27. The van der Waals surface area contributed by atoms with Crippen LogP contribution < -0.4 is 10.6 Å². The number of non-ortho nitro benzene ring substituents is 2. The Balaban J connectivity index is 1.52. The van der Waals surface area contributed by atoms with Crippen LogP contribution in [0.4, 0.5) is 21.0 Å². The Labute approximate surface area is 208 Å². The Morgan fingerprint density at radius 1 is 0.694 bits per heavy atom. The first-order valence-corrected chi connectivity index (χ1v) is 11.5. The van der Waals surface area contributed by atoms with Crippen LogP contribution in [0.2, 0.25) is 0 Å². The topological polar surface area (TPSA) is 163 Å². The normalized spacial score (nSPS) is 12.2. The maximum atomic E-state index is 11.9. The molecule has 0 saturated heterocycles. The van der Waals surface area contributed by atoms with Gasteiger partial charge in [0.1, 0.15) is 12.2 Å². The summed E-state index contributed by atoms with van der Waals surface area (Å²) in [5, 5.41) is 26.7. The Kier molecular flexibility index (Phi) is 11.1. The molecule has 12 heteroatoms. The summed E-state index contributed by atoms with van der Waals surface area (Å²) in [5.74, 6) is 0. The first-order valence-electron chi connectivity index (χ1n) is 11.5. The van der Waals surface area contributed by atoms with E-state index in [1.54, 1.807) is 38.1 Å². The van der Waals surface area contributed by atoms with Crippen molar-refractivity contribution >= 4 is 23.6 Å². The average Bonchev–Trinajstić information content (AvgIpc) is 2.85. The highest BCUT2D eigenvalue weighted by molar-refractivity contribution is 5.67. The van der Waals surface area contributed by atoms with Gasteiger partial charge in [-0.05, 0) is 62.1 Å². The van der Waals surface area contributed by atoms with Gasteiger partial charge >= 0.3 is 12.2 Å². The minimum atomic E-state index is -0.563. The van der Waals surface area contributed by atoms with Gasteiger partial charge in [-0.2, -0.15) is 0 Å². The SMILES string of the molecule is CC(OC(=O)NCCCCCCNC(=O)OC(C)c1ccc([N+](=O)[O-])cc1)c1ccc([N+](=O)[O-])cc1. The number of hydrogen-bond acceptors (Lipinski definition) is 8. The number of ether oxygens (including phenoxy) is 2. The summed E-state index contributed by atoms with van der Waals surface area (Å²) in [4.78, 5) is 44.3. The van der Waals surface area contributed by atoms with Crippen molar-refractivity contribution in [2.45, 2.75) is 51.7 Å². The molecule has 12 nitrogen and oxygen atoms in total. The first kappa shape index (κ1) is 28.0. The van der Waals surface area contributed by atoms with E-state index in [1.807, 2.05) is 0 Å². The highest BCUT2D eigenvalue weighted by atomic mass is 16.6. The average molecular weight is 503 g/mol. The molecule has 0 radical (unpaired) electrons. The highest BCUT2D eigenvalue weighted by Crippen LogP contribution is 2.21. The quantitative estimate of drug-likeness (QED) is 0.211. The molecule has 0 saturated carbocycles. The zero-order chi connectivity index (χ0) is 26.5. The Hall–Kier alpha value is -4.22. The number of nitrogens with one attached hydrogen (secondary N) is 2. The molecule has 194 valence electrons. The third-order valence-electron chi connectivity index (χ3n) is 5.36. The third-order valence-corrected chi connectivity index (χ3v) is 5.36. The van der Waals surface area contributed by atoms with Crippen LogP contribution >= 0.6 is 0 Å². The summed E-state index contributed by atoms with van der Waals surface area (Å²) >= 11 is 0. The molecule has 0 aliphatic rings. The van der Waals surface area contributed by atoms with E-state index in [4.69, 9.17) is 9.47 Å². The molecule has 0 aliphatic carbocycles. The monoisotopic (exact) mass is 502 g/mol. The molecule has 0 fully saturated rings. The number of nitrogens with zero attached hydrogens (tertiary/aromatic N) is 2. The van der Waals surface area contributed by atoms with Crippen LogP contribution in [-0.4, -0.2) is 35.1 Å². The van der Waals surface area contributed by atoms with Gasteiger partial charge in [0.25, 0.3) is 11.4 Å². The standard InChI is InChI=1S/C24H30N4O8/c1-17(19-7-11-21(12-8-19)27(31)32)35-23(29)25-15-5-3-4-6-16-26-24(30)36-18(2)20-9-13-22(14-10-20)28(33)34/h7-14,17-18H,3-6,15-16H2,1-2H3,(H,25,29)(H,26,30). The summed E-state index contributed by atoms with van der Waals surface area (Å²) in [6.07, 6.45) is 0.951. The van der Waals surface area contributed by atoms with Crippen LogP contribution in [-0.2, 0) is 9.47 Å². The van der Waals surface area contributed by atoms with Gasteiger partial charge in [0.2, 0.25) is 0 Å². The van der Waals surface area contributed by atoms with Crippen molar-refractivity contribution in [1.29, 1.82) is 0 Å². The summed E-state index contributed by atoms with van der Waals surface area (Å²) in [6, 6.07) is 11.7. The van der Waals surface area contributed by atoms with Crippen molar-refractivity contribution in [2.75, 3.05) is 13.1 Å². The lowest BCUT2D eigenvalue weighted by molar-refractivity contribution is -0.385. The van der Waals surface area contributed by atoms with Crippen LogP contribution in [0.5, 0.6) is 0 Å². The number of nitro groups is 2. The second-order valence-corrected chi connectivity index (χ2v) is 8.06. The molecule has 2 aromatic carbocycles. The predicted molar refractivity (Wildman–Crippen MR) is 130 cm³/mol. The Bertz CT molecular complexity index is 944. The fraction of sp³-hybridized carbons (Fsp3) is 0.417. The van der Waals surface area contributed by atoms with E-state index >= 15 is 0 Å². The van der Waals surface area contributed by atoms with Gasteiger partial charge < -0.3 is 20.1 Å². The van der Waals surface area contributed by atoms with Gasteiger partial charge in [-0.15, -0.1) is 0 Å². The molecule has 0 bridgehead atoms. The number of amides is 2. The van der Waals surface area contributed by atoms with E-state index in [0.717, 1.165) is 25.7 Å². The van der Waals surface area contributed by atoms with Crippen LogP contribution in [0.1, 0.15) is 62.9 Å². The second-order valence-electron chi connectivity index (χ2n) is 8.06. The molecule has 36 heavy (non-hydrogen) atoms. The molecule has 2 rings (SSSR count). The molecular formula is C24H30N4O8. The number of carbonyl (C=O) groups is 2. The molecule has 0 spiro atoms. The van der Waals surface area contributed by atoms with E-state index in [0.29, 0.717) is 24.2 Å². The Morgan fingerprint density at radius 3 is 1.33 bits per heavy atom. The highest BCUT2D eigenvalue weighted by Gasteiger charge is 2.14. The van der Waals surface area contributed by atoms with Crippen LogP contribution in [0, 0.1) is 20.2 Å². The molecule has 2 amide bonds. The van der Waals surface area contributed by atoms with Gasteiger partial charge in [-0.3, -0.25) is 20.2 Å². The van der Waals surface area contributed by atoms with E-state index < -0.39 is 34.2 Å². The summed E-state index contributed by atoms with van der Waals surface area (Å²) in [7, 11) is 0. The van der Waals surface area contributed by atoms with Crippen molar-refractivity contribution in [3.8, 4) is 0 Å². The second kappa shape index (κ2) is 14.2. The van der Waals surface area contributed by atoms with Gasteiger partial charge in [-0.25, -0.2) is 9.59 Å². The van der Waals surface area contributed by atoms with Crippen LogP contribution in [0.3, 0.4) is 0 Å². The molecule has 2 aromatic rings. The van der Waals surface area contributed by atoms with Crippen molar-refractivity contribution in [2.24, 2.45) is 0 Å². The summed E-state index contributed by atoms with van der Waals surface area (Å²) in [6.45, 7) is 4.25. The molecule has 2 atom stereocenters. The smallest absolute Gasteiger partial charge is 0.407 e. The number of hydrogen-bond donors (Lipinski definition) is 2. The maximum absolute atomic E-state index is 11.9. The number of benzene rings is 2. The fourth-order valence-electron chi connectivity index (χ4n) is 3.26.